The lowest BCUT2D eigenvalue weighted by Crippen LogP contribution is -2.23. The molecule has 3 heteroatoms. The SMILES string of the molecule is CCC(C)(Pc1c(C)cccc1CNC)c1cccc(Cc2ccccc2)c1O. The Morgan fingerprint density at radius 3 is 2.31 bits per heavy atom. The van der Waals surface area contributed by atoms with Gasteiger partial charge in [0.1, 0.15) is 5.75 Å². The molecule has 3 rings (SSSR count). The molecule has 2 atom stereocenters. The normalized spacial score (nSPS) is 13.7. The summed E-state index contributed by atoms with van der Waals surface area (Å²) >= 11 is 0. The van der Waals surface area contributed by atoms with Crippen LogP contribution in [0.4, 0.5) is 0 Å². The highest BCUT2D eigenvalue weighted by Gasteiger charge is 2.30. The van der Waals surface area contributed by atoms with Crippen LogP contribution in [0.2, 0.25) is 0 Å². The number of hydrogen-bond acceptors (Lipinski definition) is 2. The van der Waals surface area contributed by atoms with E-state index in [-0.39, 0.29) is 5.16 Å². The lowest BCUT2D eigenvalue weighted by molar-refractivity contribution is 0.451. The minimum absolute atomic E-state index is 0.106. The van der Waals surface area contributed by atoms with E-state index in [1.807, 2.05) is 19.2 Å². The summed E-state index contributed by atoms with van der Waals surface area (Å²) in [5.74, 6) is 0.456. The molecule has 0 aliphatic heterocycles. The maximum absolute atomic E-state index is 11.2. The molecule has 0 saturated heterocycles. The molecule has 0 aliphatic carbocycles. The molecule has 0 fully saturated rings. The van der Waals surface area contributed by atoms with Gasteiger partial charge in [-0.15, -0.1) is 0 Å². The van der Waals surface area contributed by atoms with Crippen LogP contribution in [0, 0.1) is 6.92 Å². The van der Waals surface area contributed by atoms with Crippen LogP contribution < -0.4 is 10.6 Å². The fourth-order valence-corrected chi connectivity index (χ4v) is 5.54. The average Bonchev–Trinajstić information content (AvgIpc) is 2.73. The number of phenolic OH excluding ortho intramolecular Hbond substituents is 1. The molecule has 0 amide bonds. The van der Waals surface area contributed by atoms with Crippen LogP contribution in [0.15, 0.2) is 66.7 Å². The molecule has 2 nitrogen and oxygen atoms in total. The molecule has 152 valence electrons. The van der Waals surface area contributed by atoms with E-state index < -0.39 is 0 Å². The van der Waals surface area contributed by atoms with E-state index >= 15 is 0 Å². The van der Waals surface area contributed by atoms with Crippen LogP contribution in [0.1, 0.15) is 48.1 Å². The fourth-order valence-electron chi connectivity index (χ4n) is 3.86. The Morgan fingerprint density at radius 2 is 1.62 bits per heavy atom. The van der Waals surface area contributed by atoms with Gasteiger partial charge in [-0.25, -0.2) is 0 Å². The van der Waals surface area contributed by atoms with E-state index in [1.54, 1.807) is 0 Å². The van der Waals surface area contributed by atoms with Crippen LogP contribution in [-0.4, -0.2) is 12.2 Å². The number of aromatic hydroxyl groups is 1. The number of para-hydroxylation sites is 1. The third-order valence-corrected chi connectivity index (χ3v) is 7.93. The van der Waals surface area contributed by atoms with E-state index in [0.29, 0.717) is 14.3 Å². The zero-order chi connectivity index (χ0) is 20.9. The van der Waals surface area contributed by atoms with Crippen LogP contribution in [0.5, 0.6) is 5.75 Å². The highest BCUT2D eigenvalue weighted by molar-refractivity contribution is 7.48. The van der Waals surface area contributed by atoms with E-state index in [1.165, 1.54) is 22.0 Å². The minimum Gasteiger partial charge on any atom is -0.507 e. The van der Waals surface area contributed by atoms with Gasteiger partial charge in [-0.1, -0.05) is 89.2 Å². The fraction of sp³-hybridized carbons (Fsp3) is 0.308. The first kappa shape index (κ1) is 21.6. The van der Waals surface area contributed by atoms with Gasteiger partial charge in [0.15, 0.2) is 0 Å². The Hall–Kier alpha value is -2.15. The third-order valence-electron chi connectivity index (χ3n) is 5.79. The molecule has 0 saturated carbocycles. The quantitative estimate of drug-likeness (QED) is 0.475. The van der Waals surface area contributed by atoms with Gasteiger partial charge in [0.25, 0.3) is 0 Å². The van der Waals surface area contributed by atoms with Crippen molar-refractivity contribution in [3.8, 4) is 5.75 Å². The molecule has 0 aliphatic rings. The minimum atomic E-state index is -0.106. The van der Waals surface area contributed by atoms with Crippen LogP contribution in [0.25, 0.3) is 0 Å². The summed E-state index contributed by atoms with van der Waals surface area (Å²) in [6.45, 7) is 7.59. The van der Waals surface area contributed by atoms with E-state index in [4.69, 9.17) is 0 Å². The van der Waals surface area contributed by atoms with Crippen molar-refractivity contribution in [1.82, 2.24) is 5.32 Å². The second-order valence-electron chi connectivity index (χ2n) is 7.93. The summed E-state index contributed by atoms with van der Waals surface area (Å²) in [5, 5.41) is 15.8. The van der Waals surface area contributed by atoms with E-state index in [2.05, 4.69) is 80.7 Å². The molecule has 3 aromatic carbocycles. The van der Waals surface area contributed by atoms with Crippen molar-refractivity contribution in [1.29, 1.82) is 0 Å². The summed E-state index contributed by atoms with van der Waals surface area (Å²) in [4.78, 5) is 0. The van der Waals surface area contributed by atoms with Crippen molar-refractivity contribution in [3.05, 3.63) is 94.5 Å². The molecular weight excluding hydrogens is 373 g/mol. The molecule has 3 aromatic rings. The molecule has 0 heterocycles. The second kappa shape index (κ2) is 9.57. The molecule has 0 radical (unpaired) electrons. The summed E-state index contributed by atoms with van der Waals surface area (Å²) in [7, 11) is 2.59. The number of nitrogens with one attached hydrogen (secondary N) is 1. The number of benzene rings is 3. The van der Waals surface area contributed by atoms with Gasteiger partial charge in [0.05, 0.1) is 0 Å². The first-order valence-electron chi connectivity index (χ1n) is 10.3. The monoisotopic (exact) mass is 405 g/mol. The molecule has 29 heavy (non-hydrogen) atoms. The van der Waals surface area contributed by atoms with Gasteiger partial charge in [-0.05, 0) is 48.0 Å². The summed E-state index contributed by atoms with van der Waals surface area (Å²) in [6.07, 6.45) is 1.72. The van der Waals surface area contributed by atoms with Gasteiger partial charge in [-0.2, -0.15) is 0 Å². The maximum atomic E-state index is 11.2. The Bertz CT molecular complexity index is 954. The molecular formula is C26H32NOP. The standard InChI is InChI=1S/C26H32NOP/c1-5-26(3,29-25-19(2)11-9-15-22(25)18-27-4)23-16-10-14-21(24(23)28)17-20-12-7-6-8-13-20/h6-16,27-29H,5,17-18H2,1-4H3. The number of aryl methyl sites for hydroxylation is 1. The predicted octanol–water partition coefficient (Wildman–Crippen LogP) is 5.64. The van der Waals surface area contributed by atoms with Crippen LogP contribution in [-0.2, 0) is 18.1 Å². The van der Waals surface area contributed by atoms with Gasteiger partial charge in [0.2, 0.25) is 0 Å². The van der Waals surface area contributed by atoms with Gasteiger partial charge >= 0.3 is 0 Å². The van der Waals surface area contributed by atoms with Crippen molar-refractivity contribution in [2.75, 3.05) is 7.05 Å². The van der Waals surface area contributed by atoms with Gasteiger partial charge in [-0.3, -0.25) is 0 Å². The topological polar surface area (TPSA) is 32.3 Å². The predicted molar refractivity (Wildman–Crippen MR) is 127 cm³/mol. The van der Waals surface area contributed by atoms with Crippen molar-refractivity contribution in [3.63, 3.8) is 0 Å². The largest absolute Gasteiger partial charge is 0.507 e. The van der Waals surface area contributed by atoms with Crippen LogP contribution in [0.3, 0.4) is 0 Å². The van der Waals surface area contributed by atoms with Crippen LogP contribution >= 0.6 is 8.58 Å². The highest BCUT2D eigenvalue weighted by atomic mass is 31.1. The lowest BCUT2D eigenvalue weighted by atomic mass is 9.92. The van der Waals surface area contributed by atoms with E-state index in [0.717, 1.165) is 30.5 Å². The second-order valence-corrected chi connectivity index (χ2v) is 9.78. The van der Waals surface area contributed by atoms with Crippen molar-refractivity contribution < 1.29 is 5.11 Å². The summed E-state index contributed by atoms with van der Waals surface area (Å²) in [6, 6.07) is 23.2. The lowest BCUT2D eigenvalue weighted by Gasteiger charge is -2.32. The molecule has 0 spiro atoms. The van der Waals surface area contributed by atoms with Crippen molar-refractivity contribution >= 4 is 13.9 Å². The van der Waals surface area contributed by atoms with Gasteiger partial charge in [0, 0.05) is 23.7 Å². The molecule has 0 bridgehead atoms. The van der Waals surface area contributed by atoms with Crippen molar-refractivity contribution in [2.24, 2.45) is 0 Å². The maximum Gasteiger partial charge on any atom is 0.123 e. The number of rotatable bonds is 8. The zero-order valence-corrected chi connectivity index (χ0v) is 18.9. The Morgan fingerprint density at radius 1 is 0.931 bits per heavy atom. The zero-order valence-electron chi connectivity index (χ0n) is 17.9. The smallest absolute Gasteiger partial charge is 0.123 e. The summed E-state index contributed by atoms with van der Waals surface area (Å²) in [5.41, 5.74) is 5.96. The summed E-state index contributed by atoms with van der Waals surface area (Å²) < 4.78 is 0. The Balaban J connectivity index is 1.98. The van der Waals surface area contributed by atoms with Gasteiger partial charge < -0.3 is 10.4 Å². The first-order valence-corrected chi connectivity index (χ1v) is 11.3. The van der Waals surface area contributed by atoms with Crippen molar-refractivity contribution in [2.45, 2.75) is 45.3 Å². The number of phenols is 1. The van der Waals surface area contributed by atoms with E-state index in [9.17, 15) is 5.11 Å². The highest BCUT2D eigenvalue weighted by Crippen LogP contribution is 2.48. The molecule has 2 N–H and O–H groups in total. The molecule has 0 aromatic heterocycles. The Kier molecular flexibility index (Phi) is 7.11. The third kappa shape index (κ3) is 4.89. The average molecular weight is 406 g/mol. The Labute approximate surface area is 177 Å². The molecule has 2 unspecified atom stereocenters. The number of hydrogen-bond donors (Lipinski definition) is 2. The first-order chi connectivity index (χ1) is 14.0.